The second-order valence-electron chi connectivity index (χ2n) is 28.1. The van der Waals surface area contributed by atoms with E-state index in [1.807, 2.05) is 147 Å². The van der Waals surface area contributed by atoms with Crippen LogP contribution in [0.5, 0.6) is 5.75 Å². The molecule has 0 fully saturated rings. The predicted octanol–water partition coefficient (Wildman–Crippen LogP) is 23.7. The molecule has 0 aliphatic carbocycles. The first-order valence-corrected chi connectivity index (χ1v) is 38.3. The number of nitrogens with zero attached hydrogens (tertiary/aromatic N) is 8. The molecule has 0 unspecified atom stereocenters. The number of benzene rings is 8. The van der Waals surface area contributed by atoms with Gasteiger partial charge in [-0.2, -0.15) is 0 Å². The van der Waals surface area contributed by atoms with Gasteiger partial charge in [-0.1, -0.05) is 83.1 Å². The molecule has 0 atom stereocenters. The summed E-state index contributed by atoms with van der Waals surface area (Å²) in [6, 6.07) is 91.7. The summed E-state index contributed by atoms with van der Waals surface area (Å²) in [5.74, 6) is 0.559. The zero-order chi connectivity index (χ0) is 85.7. The van der Waals surface area contributed by atoms with Gasteiger partial charge in [-0.25, -0.2) is 0 Å². The van der Waals surface area contributed by atoms with Gasteiger partial charge in [0.25, 0.3) is 0 Å². The van der Waals surface area contributed by atoms with E-state index in [9.17, 15) is 19.2 Å². The van der Waals surface area contributed by atoms with Crippen molar-refractivity contribution in [1.82, 2.24) is 38.2 Å². The Morgan fingerprint density at radius 1 is 0.325 bits per heavy atom. The second kappa shape index (κ2) is 50.2. The zero-order valence-electron chi connectivity index (χ0n) is 70.6. The number of carbonyl (C=O) groups excluding carboxylic acids is 4. The Hall–Kier alpha value is -12.2. The fraction of sp³-hybridized carbons (Fsp3) is 0.137. The number of ether oxygens (including phenoxy) is 1. The van der Waals surface area contributed by atoms with E-state index >= 15 is 0 Å². The van der Waals surface area contributed by atoms with Crippen molar-refractivity contribution in [3.05, 3.63) is 380 Å². The average molecular weight is 2350 g/mol. The number of fused-ring (bicyclic) bond motifs is 4. The summed E-state index contributed by atoms with van der Waals surface area (Å²) < 4.78 is 13.7. The largest absolute Gasteiger partial charge is 0.516 e. The molecule has 8 aromatic carbocycles. The quantitative estimate of drug-likeness (QED) is 0.0479. The van der Waals surface area contributed by atoms with Crippen LogP contribution in [0.1, 0.15) is 83.2 Å². The summed E-state index contributed by atoms with van der Waals surface area (Å²) in [6.07, 6.45) is 21.0. The third-order valence-corrected chi connectivity index (χ3v) is 17.6. The number of carbonyl (C=O) groups is 4. The van der Waals surface area contributed by atoms with E-state index in [0.717, 1.165) is 123 Å². The van der Waals surface area contributed by atoms with Crippen LogP contribution in [-0.4, -0.2) is 88.9 Å². The molecule has 0 aliphatic heterocycles. The van der Waals surface area contributed by atoms with Crippen LogP contribution in [-0.2, 0) is 99.6 Å². The fourth-order valence-electron chi connectivity index (χ4n) is 12.2. The Labute approximate surface area is 773 Å². The normalized spacial score (nSPS) is 10.7. The first-order valence-electron chi connectivity index (χ1n) is 38.3. The number of hydrogen-bond acceptors (Lipinski definition) is 13. The molecule has 8 aromatic heterocycles. The molecule has 16 rings (SSSR count). The molecule has 17 nitrogen and oxygen atoms in total. The number of methoxy groups -OCH3 is 1. The number of aryl methyl sites for hydroxylation is 5. The summed E-state index contributed by atoms with van der Waals surface area (Å²) in [5.41, 5.74) is 22.5. The molecule has 0 saturated carbocycles. The van der Waals surface area contributed by atoms with Crippen molar-refractivity contribution in [2.75, 3.05) is 7.11 Å². The van der Waals surface area contributed by atoms with Gasteiger partial charge in [0.1, 0.15) is 0 Å². The Kier molecular flexibility index (Phi) is 41.4. The van der Waals surface area contributed by atoms with E-state index in [4.69, 9.17) is 45.1 Å². The van der Waals surface area contributed by atoms with Crippen LogP contribution >= 0.6 is 0 Å². The third-order valence-electron chi connectivity index (χ3n) is 17.6. The number of allylic oxidation sites excluding steroid dienone is 8. The molecule has 0 amide bonds. The summed E-state index contributed by atoms with van der Waals surface area (Å²) in [7, 11) is 1.66. The van der Waals surface area contributed by atoms with E-state index in [0.29, 0.717) is 0 Å². The number of hydrogen-bond donors (Lipinski definition) is 4. The second-order valence-corrected chi connectivity index (χ2v) is 28.1. The SMILES string of the molecule is CC(=O)C=C(C)O.CC(=O)C=C(C)O.CC(=O)C=C(C)O.CC(=O)C=C(C)O.COc1cc[c-]c(-c2ccc3cc(-n4cccc4)ccc3n2)c1.Cc1[c-]c(-c2ccc3cc(-n4cccc4)ccc3n2)cc(C)c1.Cc1c[c-]c(-c2ccc3cc(-n4cccc4)ccc3n2)cc1C.Cc1cc[c-]c(-c2ccc3cc(-n4cccc4)ccc3n2)c1.[Ir].[Ir].[Ir].[Ir]. The van der Waals surface area contributed by atoms with Crippen LogP contribution in [0.2, 0.25) is 0 Å². The molecule has 0 saturated heterocycles. The van der Waals surface area contributed by atoms with Crippen molar-refractivity contribution < 1.29 is 125 Å². The number of ketones is 4. The van der Waals surface area contributed by atoms with Gasteiger partial charge < -0.3 is 43.4 Å². The summed E-state index contributed by atoms with van der Waals surface area (Å²) in [6.45, 7) is 21.9. The maximum absolute atomic E-state index is 10.0. The molecule has 8 heterocycles. The van der Waals surface area contributed by atoms with Gasteiger partial charge in [0, 0.05) is 204 Å². The first-order chi connectivity index (χ1) is 57.0. The van der Waals surface area contributed by atoms with Gasteiger partial charge in [0.2, 0.25) is 0 Å². The van der Waals surface area contributed by atoms with E-state index < -0.39 is 0 Å². The van der Waals surface area contributed by atoms with Crippen LogP contribution in [0.25, 0.3) is 111 Å². The maximum atomic E-state index is 10.0. The maximum Gasteiger partial charge on any atom is 0.155 e. The molecule has 638 valence electrons. The minimum atomic E-state index is -0.125. The van der Waals surface area contributed by atoms with Crippen molar-refractivity contribution in [2.45, 2.75) is 90.0 Å². The molecule has 123 heavy (non-hydrogen) atoms. The van der Waals surface area contributed by atoms with Crippen molar-refractivity contribution >= 4 is 66.7 Å². The number of pyridine rings is 4. The van der Waals surface area contributed by atoms with E-state index in [1.165, 1.54) is 102 Å². The van der Waals surface area contributed by atoms with Gasteiger partial charge in [-0.3, -0.25) is 39.1 Å². The van der Waals surface area contributed by atoms with Gasteiger partial charge in [0.15, 0.2) is 23.1 Å². The number of aromatic nitrogens is 8. The average Bonchev–Trinajstić information content (AvgIpc) is 1.80. The molecule has 16 aromatic rings. The molecular formula is C102H96Ir4N8O9-4. The van der Waals surface area contributed by atoms with Crippen LogP contribution in [0.4, 0.5) is 0 Å². The molecule has 4 radical (unpaired) electrons. The third kappa shape index (κ3) is 32.3. The zero-order valence-corrected chi connectivity index (χ0v) is 80.2. The van der Waals surface area contributed by atoms with Crippen LogP contribution < -0.4 is 4.74 Å². The smallest absolute Gasteiger partial charge is 0.155 e. The number of aliphatic hydroxyl groups is 4. The minimum absolute atomic E-state index is 0. The van der Waals surface area contributed by atoms with Crippen LogP contribution in [0, 0.1) is 58.9 Å². The van der Waals surface area contributed by atoms with Gasteiger partial charge in [-0.05, 0) is 199 Å². The monoisotopic (exact) mass is 2350 g/mol. The number of aliphatic hydroxyl groups excluding tert-OH is 4. The van der Waals surface area contributed by atoms with Crippen molar-refractivity contribution in [3.8, 4) is 73.5 Å². The Balaban J connectivity index is 0.000000261. The topological polar surface area (TPSA) is 230 Å². The minimum Gasteiger partial charge on any atom is -0.516 e. The van der Waals surface area contributed by atoms with E-state index in [1.54, 1.807) is 7.11 Å². The Morgan fingerprint density at radius 2 is 0.618 bits per heavy atom. The van der Waals surface area contributed by atoms with Crippen LogP contribution in [0.15, 0.2) is 327 Å². The van der Waals surface area contributed by atoms with E-state index in [-0.39, 0.29) is 127 Å². The fourth-order valence-corrected chi connectivity index (χ4v) is 12.2. The summed E-state index contributed by atoms with van der Waals surface area (Å²) in [4.78, 5) is 59.2. The molecular weight excluding hydrogens is 2250 g/mol. The number of rotatable bonds is 13. The van der Waals surface area contributed by atoms with Crippen molar-refractivity contribution in [1.29, 1.82) is 0 Å². The Bertz CT molecular complexity index is 6150. The van der Waals surface area contributed by atoms with Gasteiger partial charge in [0.05, 0.1) is 52.2 Å². The van der Waals surface area contributed by atoms with Crippen molar-refractivity contribution in [2.24, 2.45) is 0 Å². The molecule has 0 bridgehead atoms. The van der Waals surface area contributed by atoms with E-state index in [2.05, 4.69) is 211 Å². The van der Waals surface area contributed by atoms with Gasteiger partial charge >= 0.3 is 0 Å². The molecule has 21 heteroatoms. The summed E-state index contributed by atoms with van der Waals surface area (Å²) in [5, 5.41) is 38.0. The molecule has 0 spiro atoms. The molecule has 4 N–H and O–H groups in total. The van der Waals surface area contributed by atoms with Gasteiger partial charge in [-0.15, -0.1) is 135 Å². The summed E-state index contributed by atoms with van der Waals surface area (Å²) >= 11 is 0. The molecule has 0 aliphatic rings. The standard InChI is InChI=1S/2C21H17N2.C20H15N2O.C20H15N2.4C5H8O2.4Ir/c1-15-11-16(2)13-18(12-15)21-7-5-17-14-19(6-8-20(17)22-21)23-9-3-4-10-23;1-15-5-6-17(13-16(15)2)20-9-7-18-14-19(8-10-21(18)22-20)23-11-3-4-12-23;1-23-18-6-4-5-15(14-18)19-9-7-16-13-17(8-10-20(16)21-19)22-11-2-3-12-22;1-15-5-4-6-16(13-15)19-9-7-17-14-18(8-10-20(17)21-19)22-11-2-3-12-22;4*1-4(6)3-5(2)7;;;;/h3-12,14H,1-2H3;3-5,7-14H,1-2H3;2-4,6-14H,1H3;2-5,7-14H,1H3;4*3,6H,1-2H3;;;;/q4*-1;;;;;;;;. The first kappa shape index (κ1) is 101. The predicted molar refractivity (Wildman–Crippen MR) is 480 cm³/mol. The van der Waals surface area contributed by atoms with Crippen molar-refractivity contribution in [3.63, 3.8) is 0 Å². The van der Waals surface area contributed by atoms with Crippen LogP contribution in [0.3, 0.4) is 0 Å². The Morgan fingerprint density at radius 3 is 0.894 bits per heavy atom.